The van der Waals surface area contributed by atoms with E-state index in [9.17, 15) is 5.11 Å². The van der Waals surface area contributed by atoms with Crippen LogP contribution in [-0.2, 0) is 0 Å². The van der Waals surface area contributed by atoms with Gasteiger partial charge in [-0.1, -0.05) is 25.7 Å². The number of hydrogen-bond donors (Lipinski definition) is 5. The fourth-order valence-electron chi connectivity index (χ4n) is 2.29. The molecule has 1 unspecified atom stereocenters. The van der Waals surface area contributed by atoms with Crippen LogP contribution in [0.4, 0.5) is 0 Å². The maximum absolute atomic E-state index is 9.78. The van der Waals surface area contributed by atoms with E-state index in [-0.39, 0.29) is 6.23 Å². The highest BCUT2D eigenvalue weighted by Gasteiger charge is 2.01. The van der Waals surface area contributed by atoms with E-state index >= 15 is 0 Å². The van der Waals surface area contributed by atoms with Crippen LogP contribution in [0.5, 0.6) is 0 Å². The van der Waals surface area contributed by atoms with Crippen LogP contribution >= 0.6 is 0 Å². The molecule has 0 aromatic rings. The van der Waals surface area contributed by atoms with Gasteiger partial charge in [0.25, 0.3) is 0 Å². The zero-order valence-corrected chi connectivity index (χ0v) is 13.8. The summed E-state index contributed by atoms with van der Waals surface area (Å²) < 4.78 is 0. The monoisotopic (exact) mass is 302 g/mol. The van der Waals surface area contributed by atoms with Crippen LogP contribution in [0.15, 0.2) is 0 Å². The van der Waals surface area contributed by atoms with Gasteiger partial charge in [0, 0.05) is 0 Å². The Morgan fingerprint density at radius 1 is 0.667 bits per heavy atom. The van der Waals surface area contributed by atoms with Gasteiger partial charge in [-0.25, -0.2) is 0 Å². The molecule has 0 aliphatic heterocycles. The minimum Gasteiger partial charge on any atom is -0.379 e. The number of nitrogens with two attached hydrogens (primary N) is 2. The largest absolute Gasteiger partial charge is 0.379 e. The Hall–Kier alpha value is -0.200. The number of unbranched alkanes of at least 4 members (excludes halogenated alkanes) is 6. The van der Waals surface area contributed by atoms with E-state index in [2.05, 4.69) is 10.6 Å². The lowest BCUT2D eigenvalue weighted by molar-refractivity contribution is 0.125. The average molecular weight is 303 g/mol. The van der Waals surface area contributed by atoms with Gasteiger partial charge in [-0.3, -0.25) is 5.32 Å². The summed E-state index contributed by atoms with van der Waals surface area (Å²) >= 11 is 0. The molecule has 0 radical (unpaired) electrons. The molecule has 0 aliphatic rings. The van der Waals surface area contributed by atoms with Crippen molar-refractivity contribution in [1.29, 1.82) is 0 Å². The van der Waals surface area contributed by atoms with Gasteiger partial charge >= 0.3 is 0 Å². The highest BCUT2D eigenvalue weighted by Crippen LogP contribution is 1.99. The van der Waals surface area contributed by atoms with Crippen molar-refractivity contribution in [1.82, 2.24) is 10.6 Å². The van der Waals surface area contributed by atoms with Gasteiger partial charge in [0.1, 0.15) is 6.23 Å². The van der Waals surface area contributed by atoms with Gasteiger partial charge in [0.05, 0.1) is 0 Å². The summed E-state index contributed by atoms with van der Waals surface area (Å²) in [5.74, 6) is 0. The Bertz CT molecular complexity index is 193. The van der Waals surface area contributed by atoms with Crippen LogP contribution in [-0.4, -0.2) is 44.1 Å². The van der Waals surface area contributed by atoms with Crippen LogP contribution in [0.2, 0.25) is 0 Å². The first-order chi connectivity index (χ1) is 10.3. The second-order valence-corrected chi connectivity index (χ2v) is 5.77. The molecule has 0 heterocycles. The third-order valence-electron chi connectivity index (χ3n) is 3.65. The van der Waals surface area contributed by atoms with E-state index in [1.165, 1.54) is 32.1 Å². The van der Waals surface area contributed by atoms with Crippen molar-refractivity contribution in [2.45, 2.75) is 70.4 Å². The molecule has 0 aromatic carbocycles. The van der Waals surface area contributed by atoms with E-state index in [0.717, 1.165) is 64.8 Å². The average Bonchev–Trinajstić information content (AvgIpc) is 2.49. The molecule has 128 valence electrons. The predicted octanol–water partition coefficient (Wildman–Crippen LogP) is 1.30. The standard InChI is InChI=1S/C16H38N4O/c17-11-5-1-3-7-13-19-14-9-10-16(21)20-15-8-4-2-6-12-18/h16,19-21H,1-15,17-18H2. The molecular weight excluding hydrogens is 264 g/mol. The third-order valence-corrected chi connectivity index (χ3v) is 3.65. The number of aliphatic hydroxyl groups is 1. The van der Waals surface area contributed by atoms with Crippen LogP contribution in [0.25, 0.3) is 0 Å². The summed E-state index contributed by atoms with van der Waals surface area (Å²) in [6.45, 7) is 4.57. The van der Waals surface area contributed by atoms with Crippen LogP contribution in [0.3, 0.4) is 0 Å². The summed E-state index contributed by atoms with van der Waals surface area (Å²) in [5, 5.41) is 16.4. The molecule has 0 saturated heterocycles. The molecule has 0 amide bonds. The Morgan fingerprint density at radius 3 is 1.81 bits per heavy atom. The Balaban J connectivity index is 3.10. The molecule has 0 aliphatic carbocycles. The lowest BCUT2D eigenvalue weighted by Gasteiger charge is -2.13. The smallest absolute Gasteiger partial charge is 0.104 e. The molecule has 21 heavy (non-hydrogen) atoms. The zero-order chi connectivity index (χ0) is 15.6. The van der Waals surface area contributed by atoms with Gasteiger partial charge in [-0.05, 0) is 71.2 Å². The molecule has 0 saturated carbocycles. The van der Waals surface area contributed by atoms with Crippen molar-refractivity contribution < 1.29 is 5.11 Å². The molecule has 0 spiro atoms. The van der Waals surface area contributed by atoms with Gasteiger partial charge in [-0.2, -0.15) is 0 Å². The van der Waals surface area contributed by atoms with Gasteiger partial charge in [0.2, 0.25) is 0 Å². The third kappa shape index (κ3) is 17.7. The number of rotatable bonds is 17. The Kier molecular flexibility index (Phi) is 17.7. The normalized spacial score (nSPS) is 12.7. The highest BCUT2D eigenvalue weighted by molar-refractivity contribution is 4.57. The first kappa shape index (κ1) is 20.8. The van der Waals surface area contributed by atoms with Crippen molar-refractivity contribution in [3.05, 3.63) is 0 Å². The molecule has 5 heteroatoms. The van der Waals surface area contributed by atoms with Crippen molar-refractivity contribution in [2.24, 2.45) is 11.5 Å². The molecule has 0 rings (SSSR count). The van der Waals surface area contributed by atoms with E-state index in [1.54, 1.807) is 0 Å². The fraction of sp³-hybridized carbons (Fsp3) is 1.00. The number of hydrogen-bond acceptors (Lipinski definition) is 5. The highest BCUT2D eigenvalue weighted by atomic mass is 16.3. The van der Waals surface area contributed by atoms with Crippen LogP contribution in [0, 0.1) is 0 Å². The van der Waals surface area contributed by atoms with Gasteiger partial charge in [0.15, 0.2) is 0 Å². The van der Waals surface area contributed by atoms with Crippen LogP contribution < -0.4 is 22.1 Å². The van der Waals surface area contributed by atoms with Crippen molar-refractivity contribution in [2.75, 3.05) is 32.7 Å². The topological polar surface area (TPSA) is 96.3 Å². The molecule has 0 fully saturated rings. The van der Waals surface area contributed by atoms with Crippen molar-refractivity contribution >= 4 is 0 Å². The molecule has 1 atom stereocenters. The summed E-state index contributed by atoms with van der Waals surface area (Å²) in [4.78, 5) is 0. The molecule has 0 bridgehead atoms. The van der Waals surface area contributed by atoms with Crippen LogP contribution in [0.1, 0.15) is 64.2 Å². The van der Waals surface area contributed by atoms with Gasteiger partial charge in [-0.15, -0.1) is 0 Å². The minimum atomic E-state index is -0.356. The van der Waals surface area contributed by atoms with E-state index in [0.29, 0.717) is 0 Å². The fourth-order valence-corrected chi connectivity index (χ4v) is 2.29. The number of nitrogens with one attached hydrogen (secondary N) is 2. The summed E-state index contributed by atoms with van der Waals surface area (Å²) in [6, 6.07) is 0. The summed E-state index contributed by atoms with van der Waals surface area (Å²) in [7, 11) is 0. The first-order valence-corrected chi connectivity index (χ1v) is 8.83. The van der Waals surface area contributed by atoms with E-state index in [1.807, 2.05) is 0 Å². The predicted molar refractivity (Wildman–Crippen MR) is 91.2 cm³/mol. The molecular formula is C16H38N4O. The summed E-state index contributed by atoms with van der Waals surface area (Å²) in [5.41, 5.74) is 10.9. The lowest BCUT2D eigenvalue weighted by atomic mass is 10.2. The summed E-state index contributed by atoms with van der Waals surface area (Å²) in [6.07, 6.45) is 11.0. The maximum atomic E-state index is 9.78. The Labute approximate surface area is 131 Å². The van der Waals surface area contributed by atoms with Gasteiger partial charge < -0.3 is 21.9 Å². The number of aliphatic hydroxyl groups excluding tert-OH is 1. The zero-order valence-electron chi connectivity index (χ0n) is 13.8. The molecule has 5 nitrogen and oxygen atoms in total. The van der Waals surface area contributed by atoms with E-state index < -0.39 is 0 Å². The minimum absolute atomic E-state index is 0.356. The SMILES string of the molecule is NCCCCCCNCCCC(O)NCCCCCCN. The lowest BCUT2D eigenvalue weighted by Crippen LogP contribution is -2.30. The molecule has 0 aromatic heterocycles. The van der Waals surface area contributed by atoms with Crippen molar-refractivity contribution in [3.63, 3.8) is 0 Å². The second kappa shape index (κ2) is 17.9. The quantitative estimate of drug-likeness (QED) is 0.206. The second-order valence-electron chi connectivity index (χ2n) is 5.77. The van der Waals surface area contributed by atoms with Crippen molar-refractivity contribution in [3.8, 4) is 0 Å². The molecule has 7 N–H and O–H groups in total. The first-order valence-electron chi connectivity index (χ1n) is 8.83. The van der Waals surface area contributed by atoms with E-state index in [4.69, 9.17) is 11.5 Å². The maximum Gasteiger partial charge on any atom is 0.104 e. The Morgan fingerprint density at radius 2 is 1.19 bits per heavy atom.